The predicted octanol–water partition coefficient (Wildman–Crippen LogP) is 3.86. The number of aryl methyl sites for hydroxylation is 1. The number of benzene rings is 1. The van der Waals surface area contributed by atoms with Gasteiger partial charge in [-0.3, -0.25) is 0 Å². The van der Waals surface area contributed by atoms with Gasteiger partial charge in [-0.05, 0) is 18.6 Å². The van der Waals surface area contributed by atoms with E-state index in [1.165, 1.54) is 16.1 Å². The molecule has 17 heavy (non-hydrogen) atoms. The molecule has 2 heterocycles. The zero-order chi connectivity index (χ0) is 12.2. The molecule has 2 aromatic rings. The third-order valence-electron chi connectivity index (χ3n) is 3.54. The van der Waals surface area contributed by atoms with Crippen molar-refractivity contribution in [3.8, 4) is 0 Å². The number of anilines is 2. The normalized spacial score (nSPS) is 16.6. The summed E-state index contributed by atoms with van der Waals surface area (Å²) < 4.78 is 0. The van der Waals surface area contributed by atoms with E-state index in [2.05, 4.69) is 62.0 Å². The van der Waals surface area contributed by atoms with Crippen LogP contribution in [0.25, 0.3) is 0 Å². The lowest BCUT2D eigenvalue weighted by molar-refractivity contribution is 0.641. The average molecular weight is 244 g/mol. The summed E-state index contributed by atoms with van der Waals surface area (Å²) in [5.41, 5.74) is 2.72. The van der Waals surface area contributed by atoms with Crippen molar-refractivity contribution in [1.82, 2.24) is 4.98 Å². The van der Waals surface area contributed by atoms with Crippen LogP contribution in [0.1, 0.15) is 29.3 Å². The summed E-state index contributed by atoms with van der Waals surface area (Å²) in [6.07, 6.45) is 0. The maximum absolute atomic E-state index is 4.67. The molecule has 1 aliphatic heterocycles. The molecule has 0 unspecified atom stereocenters. The van der Waals surface area contributed by atoms with Crippen molar-refractivity contribution in [2.75, 3.05) is 11.9 Å². The van der Waals surface area contributed by atoms with Gasteiger partial charge in [0, 0.05) is 18.2 Å². The fourth-order valence-corrected chi connectivity index (χ4v) is 3.65. The molecule has 88 valence electrons. The molecule has 0 N–H and O–H groups in total. The van der Waals surface area contributed by atoms with Gasteiger partial charge in [0.2, 0.25) is 0 Å². The highest BCUT2D eigenvalue weighted by molar-refractivity contribution is 7.12. The number of fused-ring (bicyclic) bond motifs is 2. The first-order chi connectivity index (χ1) is 8.01. The smallest absolute Gasteiger partial charge is 0.148 e. The highest BCUT2D eigenvalue weighted by atomic mass is 32.1. The predicted molar refractivity (Wildman–Crippen MR) is 73.5 cm³/mol. The maximum atomic E-state index is 4.67. The van der Waals surface area contributed by atoms with E-state index >= 15 is 0 Å². The lowest BCUT2D eigenvalue weighted by Crippen LogP contribution is -2.29. The summed E-state index contributed by atoms with van der Waals surface area (Å²) in [6.45, 7) is 6.65. The van der Waals surface area contributed by atoms with Crippen LogP contribution in [0.4, 0.5) is 11.5 Å². The average Bonchev–Trinajstić information content (AvgIpc) is 2.70. The van der Waals surface area contributed by atoms with Gasteiger partial charge in [-0.2, -0.15) is 0 Å². The molecule has 3 heteroatoms. The van der Waals surface area contributed by atoms with Crippen molar-refractivity contribution >= 4 is 22.8 Å². The Balaban J connectivity index is 2.33. The van der Waals surface area contributed by atoms with E-state index in [0.29, 0.717) is 0 Å². The molecule has 2 nitrogen and oxygen atoms in total. The summed E-state index contributed by atoms with van der Waals surface area (Å²) in [6, 6.07) is 8.61. The van der Waals surface area contributed by atoms with Crippen molar-refractivity contribution in [1.29, 1.82) is 0 Å². The number of nitrogens with zero attached hydrogens (tertiary/aromatic N) is 2. The van der Waals surface area contributed by atoms with E-state index in [-0.39, 0.29) is 5.41 Å². The van der Waals surface area contributed by atoms with Gasteiger partial charge in [0.1, 0.15) is 5.82 Å². The number of rotatable bonds is 0. The lowest BCUT2D eigenvalue weighted by atomic mass is 9.79. The van der Waals surface area contributed by atoms with Crippen molar-refractivity contribution in [3.63, 3.8) is 0 Å². The van der Waals surface area contributed by atoms with E-state index in [4.69, 9.17) is 0 Å². The fourth-order valence-electron chi connectivity index (χ4n) is 2.58. The molecule has 0 amide bonds. The van der Waals surface area contributed by atoms with Crippen LogP contribution in [-0.2, 0) is 5.41 Å². The van der Waals surface area contributed by atoms with E-state index in [1.807, 2.05) is 11.3 Å². The SMILES string of the molecule is Cc1nc2c(s1)C(C)(C)c1ccccc1N2C. The summed E-state index contributed by atoms with van der Waals surface area (Å²) in [7, 11) is 2.10. The highest BCUT2D eigenvalue weighted by Gasteiger charge is 2.37. The van der Waals surface area contributed by atoms with E-state index < -0.39 is 0 Å². The molecular formula is C14H16N2S. The zero-order valence-corrected chi connectivity index (χ0v) is 11.4. The lowest BCUT2D eigenvalue weighted by Gasteiger charge is -2.36. The van der Waals surface area contributed by atoms with Crippen molar-refractivity contribution in [3.05, 3.63) is 39.7 Å². The van der Waals surface area contributed by atoms with Crippen LogP contribution in [-0.4, -0.2) is 12.0 Å². The quantitative estimate of drug-likeness (QED) is 0.699. The van der Waals surface area contributed by atoms with Crippen LogP contribution >= 0.6 is 11.3 Å². The topological polar surface area (TPSA) is 16.1 Å². The monoisotopic (exact) mass is 244 g/mol. The molecule has 0 aliphatic carbocycles. The largest absolute Gasteiger partial charge is 0.328 e. The second-order valence-corrected chi connectivity index (χ2v) is 6.29. The Morgan fingerprint density at radius 1 is 1.24 bits per heavy atom. The molecule has 3 rings (SSSR count). The molecular weight excluding hydrogens is 228 g/mol. The Bertz CT molecular complexity index is 584. The molecule has 0 saturated carbocycles. The number of aromatic nitrogens is 1. The Kier molecular flexibility index (Phi) is 2.11. The summed E-state index contributed by atoms with van der Waals surface area (Å²) in [5, 5.41) is 1.14. The highest BCUT2D eigenvalue weighted by Crippen LogP contribution is 2.49. The Morgan fingerprint density at radius 2 is 1.94 bits per heavy atom. The van der Waals surface area contributed by atoms with Gasteiger partial charge in [-0.1, -0.05) is 32.0 Å². The van der Waals surface area contributed by atoms with Gasteiger partial charge >= 0.3 is 0 Å². The van der Waals surface area contributed by atoms with Crippen LogP contribution < -0.4 is 4.90 Å². The summed E-state index contributed by atoms with van der Waals surface area (Å²) >= 11 is 1.81. The third kappa shape index (κ3) is 1.35. The molecule has 0 saturated heterocycles. The van der Waals surface area contributed by atoms with Gasteiger partial charge in [0.15, 0.2) is 0 Å². The first-order valence-electron chi connectivity index (χ1n) is 5.83. The number of para-hydroxylation sites is 1. The number of thiazole rings is 1. The number of hydrogen-bond acceptors (Lipinski definition) is 3. The summed E-state index contributed by atoms with van der Waals surface area (Å²) in [4.78, 5) is 8.25. The van der Waals surface area contributed by atoms with E-state index in [1.54, 1.807) is 0 Å². The molecule has 1 aromatic heterocycles. The summed E-state index contributed by atoms with van der Waals surface area (Å²) in [5.74, 6) is 1.12. The van der Waals surface area contributed by atoms with Crippen LogP contribution in [0, 0.1) is 6.92 Å². The van der Waals surface area contributed by atoms with Crippen molar-refractivity contribution in [2.24, 2.45) is 0 Å². The van der Waals surface area contributed by atoms with Gasteiger partial charge in [0.05, 0.1) is 9.88 Å². The molecule has 1 aromatic carbocycles. The van der Waals surface area contributed by atoms with Gasteiger partial charge in [-0.15, -0.1) is 11.3 Å². The minimum Gasteiger partial charge on any atom is -0.328 e. The van der Waals surface area contributed by atoms with Crippen LogP contribution in [0.5, 0.6) is 0 Å². The molecule has 0 fully saturated rings. The Labute approximate surface area is 106 Å². The fraction of sp³-hybridized carbons (Fsp3) is 0.357. The molecule has 0 atom stereocenters. The van der Waals surface area contributed by atoms with Gasteiger partial charge in [0.25, 0.3) is 0 Å². The Hall–Kier alpha value is -1.35. The van der Waals surface area contributed by atoms with E-state index in [0.717, 1.165) is 10.8 Å². The van der Waals surface area contributed by atoms with E-state index in [9.17, 15) is 0 Å². The second kappa shape index (κ2) is 3.33. The molecule has 1 aliphatic rings. The standard InChI is InChI=1S/C14H16N2S/c1-9-15-13-12(17-9)14(2,3)10-7-5-6-8-11(10)16(13)4/h5-8H,1-4H3. The van der Waals surface area contributed by atoms with Gasteiger partial charge < -0.3 is 4.90 Å². The van der Waals surface area contributed by atoms with Crippen LogP contribution in [0.2, 0.25) is 0 Å². The minimum atomic E-state index is 0.0599. The van der Waals surface area contributed by atoms with Crippen molar-refractivity contribution < 1.29 is 0 Å². The molecule has 0 spiro atoms. The number of hydrogen-bond donors (Lipinski definition) is 0. The van der Waals surface area contributed by atoms with Crippen LogP contribution in [0.3, 0.4) is 0 Å². The van der Waals surface area contributed by atoms with Gasteiger partial charge in [-0.25, -0.2) is 4.98 Å². The van der Waals surface area contributed by atoms with Crippen LogP contribution in [0.15, 0.2) is 24.3 Å². The zero-order valence-electron chi connectivity index (χ0n) is 10.6. The third-order valence-corrected chi connectivity index (χ3v) is 4.82. The minimum absolute atomic E-state index is 0.0599. The Morgan fingerprint density at radius 3 is 2.71 bits per heavy atom. The first kappa shape index (κ1) is 10.8. The van der Waals surface area contributed by atoms with Crippen molar-refractivity contribution in [2.45, 2.75) is 26.2 Å². The maximum Gasteiger partial charge on any atom is 0.148 e. The molecule has 0 bridgehead atoms. The second-order valence-electron chi connectivity index (χ2n) is 5.09. The molecule has 0 radical (unpaired) electrons. The first-order valence-corrected chi connectivity index (χ1v) is 6.64.